The first-order valence-electron chi connectivity index (χ1n) is 7.08. The molecule has 0 radical (unpaired) electrons. The van der Waals surface area contributed by atoms with E-state index >= 15 is 0 Å². The van der Waals surface area contributed by atoms with Crippen LogP contribution in [0, 0.1) is 0 Å². The summed E-state index contributed by atoms with van der Waals surface area (Å²) in [7, 11) is 0. The number of aryl methyl sites for hydroxylation is 2. The second-order valence-electron chi connectivity index (χ2n) is 2.05. The monoisotopic (exact) mass is 140 g/mol. The molecule has 0 unspecified atom stereocenters. The zero-order valence-corrected chi connectivity index (χ0v) is 5.31. The minimum atomic E-state index is -2.96. The lowest BCUT2D eigenvalue weighted by atomic mass is 9.92. The third-order valence-corrected chi connectivity index (χ3v) is 1.38. The van der Waals surface area contributed by atoms with Crippen LogP contribution in [0.2, 0.25) is 0 Å². The summed E-state index contributed by atoms with van der Waals surface area (Å²) in [5.74, 6) is 0. The van der Waals surface area contributed by atoms with Gasteiger partial charge in [-0.3, -0.25) is 0 Å². The van der Waals surface area contributed by atoms with Gasteiger partial charge in [-0.15, -0.1) is 0 Å². The van der Waals surface area contributed by atoms with Crippen molar-refractivity contribution in [3.63, 3.8) is 0 Å². The number of rotatable bonds is 0. The van der Waals surface area contributed by atoms with Crippen LogP contribution in [0.25, 0.3) is 0 Å². The predicted molar refractivity (Wildman–Crippen MR) is 43.1 cm³/mol. The maximum Gasteiger partial charge on any atom is 0.0316 e. The number of benzene rings is 1. The Balaban J connectivity index is 2.86. The molecule has 0 nitrogen and oxygen atoms in total. The first-order valence-corrected chi connectivity index (χ1v) is 3.08. The van der Waals surface area contributed by atoms with Gasteiger partial charge in [-0.05, 0) is 36.6 Å². The molecule has 1 aliphatic carbocycles. The highest BCUT2D eigenvalue weighted by Gasteiger charge is 2.05. The van der Waals surface area contributed by atoms with E-state index in [1.807, 2.05) is 0 Å². The highest BCUT2D eigenvalue weighted by molar-refractivity contribution is 5.28. The third-order valence-electron chi connectivity index (χ3n) is 1.38. The van der Waals surface area contributed by atoms with Crippen LogP contribution in [0.5, 0.6) is 0 Å². The number of hydrogen-bond acceptors (Lipinski definition) is 0. The van der Waals surface area contributed by atoms with Crippen LogP contribution < -0.4 is 0 Å². The summed E-state index contributed by atoms with van der Waals surface area (Å²) >= 11 is 0. The van der Waals surface area contributed by atoms with Gasteiger partial charge in [-0.25, -0.2) is 0 Å². The van der Waals surface area contributed by atoms with Crippen molar-refractivity contribution in [1.29, 1.82) is 0 Å². The highest BCUT2D eigenvalue weighted by atomic mass is 14.1. The number of hydrogen-bond donors (Lipinski definition) is 0. The molecule has 0 amide bonds. The molecule has 0 heterocycles. The molecule has 0 fully saturated rings. The van der Waals surface area contributed by atoms with Crippen LogP contribution in [0.4, 0.5) is 0 Å². The van der Waals surface area contributed by atoms with Gasteiger partial charge < -0.3 is 0 Å². The molecule has 1 aromatic rings. The van der Waals surface area contributed by atoms with Crippen LogP contribution in [-0.4, -0.2) is 0 Å². The van der Waals surface area contributed by atoms with Crippen LogP contribution in [0.1, 0.15) is 34.8 Å². The first-order chi connectivity index (χ1) is 7.98. The summed E-state index contributed by atoms with van der Waals surface area (Å²) in [5.41, 5.74) is -0.259. The van der Waals surface area contributed by atoms with Crippen molar-refractivity contribution in [2.45, 2.75) is 25.5 Å². The molecule has 0 spiro atoms. The van der Waals surface area contributed by atoms with Gasteiger partial charge >= 0.3 is 0 Å². The smallest absolute Gasteiger partial charge is 0.0316 e. The van der Waals surface area contributed by atoms with E-state index in [4.69, 9.17) is 11.0 Å². The lowest BCUT2D eigenvalue weighted by Crippen LogP contribution is -2.00. The number of fused-ring (bicyclic) bond motifs is 1. The topological polar surface area (TPSA) is 0 Å². The van der Waals surface area contributed by atoms with E-state index in [0.29, 0.717) is 0 Å². The van der Waals surface area contributed by atoms with Crippen molar-refractivity contribution in [3.05, 3.63) is 35.4 Å². The van der Waals surface area contributed by atoms with Gasteiger partial charge in [0.2, 0.25) is 0 Å². The van der Waals surface area contributed by atoms with Crippen molar-refractivity contribution in [2.75, 3.05) is 0 Å². The summed E-state index contributed by atoms with van der Waals surface area (Å²) in [5, 5.41) is 0. The average molecular weight is 140 g/mol. The molecule has 0 bridgehead atoms. The second-order valence-corrected chi connectivity index (χ2v) is 2.05. The van der Waals surface area contributed by atoms with E-state index in [1.54, 1.807) is 0 Å². The molecule has 1 aromatic carbocycles. The van der Waals surface area contributed by atoms with Crippen LogP contribution >= 0.6 is 0 Å². The molecule has 0 heteroatoms. The van der Waals surface area contributed by atoms with Crippen molar-refractivity contribution >= 4 is 0 Å². The predicted octanol–water partition coefficient (Wildman–Crippen LogP) is 2.57. The largest absolute Gasteiger partial charge is 0.0620 e. The molecule has 0 aromatic heterocycles. The Labute approximate surface area is 73.1 Å². The fraction of sp³-hybridized carbons (Fsp3) is 0.400. The van der Waals surface area contributed by atoms with E-state index in [9.17, 15) is 0 Å². The SMILES string of the molecule is [2H]C1([2H])c2ccccc2C([2H])([2H])C([2H])([2H])C1([2H])[2H]. The van der Waals surface area contributed by atoms with Crippen molar-refractivity contribution < 1.29 is 11.0 Å². The van der Waals surface area contributed by atoms with E-state index in [1.165, 1.54) is 24.3 Å². The lowest BCUT2D eigenvalue weighted by molar-refractivity contribution is 0.685. The molecule has 2 rings (SSSR count). The fourth-order valence-corrected chi connectivity index (χ4v) is 0.898. The summed E-state index contributed by atoms with van der Waals surface area (Å²) in [6.07, 6.45) is -11.1. The van der Waals surface area contributed by atoms with E-state index in [0.717, 1.165) is 0 Å². The molecule has 1 aliphatic rings. The van der Waals surface area contributed by atoms with Crippen LogP contribution in [-0.2, 0) is 12.7 Å². The Bertz CT molecular complexity index is 445. The maximum absolute atomic E-state index is 7.83. The molecular weight excluding hydrogens is 120 g/mol. The zero-order chi connectivity index (χ0) is 14.0. The van der Waals surface area contributed by atoms with Gasteiger partial charge in [0.15, 0.2) is 0 Å². The molecule has 52 valence electrons. The third kappa shape index (κ3) is 0.942. The quantitative estimate of drug-likeness (QED) is 0.519. The van der Waals surface area contributed by atoms with Gasteiger partial charge in [0, 0.05) is 11.0 Å². The van der Waals surface area contributed by atoms with Gasteiger partial charge in [-0.1, -0.05) is 24.3 Å². The Morgan fingerprint density at radius 3 is 2.00 bits per heavy atom. The van der Waals surface area contributed by atoms with Gasteiger partial charge in [0.05, 0.1) is 0 Å². The summed E-state index contributed by atoms with van der Waals surface area (Å²) in [6.45, 7) is 0. The van der Waals surface area contributed by atoms with E-state index < -0.39 is 25.5 Å². The summed E-state index contributed by atoms with van der Waals surface area (Å²) in [4.78, 5) is 0. The zero-order valence-electron chi connectivity index (χ0n) is 13.3. The lowest BCUT2D eigenvalue weighted by Gasteiger charge is -2.13. The molecule has 0 saturated heterocycles. The average Bonchev–Trinajstić information content (AvgIpc) is 2.27. The van der Waals surface area contributed by atoms with Gasteiger partial charge in [0.25, 0.3) is 0 Å². The van der Waals surface area contributed by atoms with Crippen molar-refractivity contribution in [3.8, 4) is 0 Å². The van der Waals surface area contributed by atoms with Crippen LogP contribution in [0.3, 0.4) is 0 Å². The van der Waals surface area contributed by atoms with Crippen LogP contribution in [0.15, 0.2) is 24.3 Å². The van der Waals surface area contributed by atoms with Crippen molar-refractivity contribution in [1.82, 2.24) is 0 Å². The maximum atomic E-state index is 7.83. The van der Waals surface area contributed by atoms with E-state index in [2.05, 4.69) is 0 Å². The molecule has 10 heavy (non-hydrogen) atoms. The summed E-state index contributed by atoms with van der Waals surface area (Å²) < 4.78 is 62.1. The molecule has 0 N–H and O–H groups in total. The molecule has 0 aliphatic heterocycles. The molecular formula is C10H12. The first kappa shape index (κ1) is 1.88. The second kappa shape index (κ2) is 2.45. The standard InChI is InChI=1S/C10H12/c1-2-6-10-8-4-3-7-9(10)5-1/h1-2,5-6H,3-4,7-8H2/i3D2,4D2,7D2,8D2. The minimum Gasteiger partial charge on any atom is -0.0620 e. The van der Waals surface area contributed by atoms with Gasteiger partial charge in [-0.2, -0.15) is 0 Å². The normalized spacial score (nSPS) is 48.4. The fourth-order valence-electron chi connectivity index (χ4n) is 0.898. The minimum absolute atomic E-state index is 0.130. The molecule has 0 atom stereocenters. The summed E-state index contributed by atoms with van der Waals surface area (Å²) in [6, 6.07) is 5.59. The van der Waals surface area contributed by atoms with E-state index in [-0.39, 0.29) is 11.1 Å². The highest BCUT2D eigenvalue weighted by Crippen LogP contribution is 2.19. The Kier molecular flexibility index (Phi) is 0.460. The Morgan fingerprint density at radius 1 is 1.00 bits per heavy atom. The molecule has 0 saturated carbocycles. The Hall–Kier alpha value is -0.780. The van der Waals surface area contributed by atoms with Crippen molar-refractivity contribution in [2.24, 2.45) is 0 Å². The Morgan fingerprint density at radius 2 is 1.50 bits per heavy atom. The van der Waals surface area contributed by atoms with Gasteiger partial charge in [0.1, 0.15) is 0 Å².